The maximum absolute atomic E-state index is 10.6. The van der Waals surface area contributed by atoms with Crippen molar-refractivity contribution >= 4 is 17.3 Å². The van der Waals surface area contributed by atoms with Gasteiger partial charge in [0, 0.05) is 5.54 Å². The largest absolute Gasteiger partial charge is 0.750 e. The van der Waals surface area contributed by atoms with Crippen LogP contribution >= 0.6 is 0 Å². The van der Waals surface area contributed by atoms with Gasteiger partial charge >= 0.3 is 0 Å². The minimum atomic E-state index is -2.86. The highest BCUT2D eigenvalue weighted by Gasteiger charge is 2.37. The summed E-state index contributed by atoms with van der Waals surface area (Å²) in [6, 6.07) is 0. The summed E-state index contributed by atoms with van der Waals surface area (Å²) in [6.45, 7) is 5.40. The molecule has 6 heteroatoms. The van der Waals surface area contributed by atoms with Crippen molar-refractivity contribution in [1.82, 2.24) is 5.32 Å². The van der Waals surface area contributed by atoms with E-state index in [0.717, 1.165) is 12.8 Å². The number of rotatable bonds is 2. The lowest BCUT2D eigenvalue weighted by atomic mass is 10.3. The summed E-state index contributed by atoms with van der Waals surface area (Å²) in [5.74, 6) is -0.0602. The van der Waals surface area contributed by atoms with Crippen molar-refractivity contribution in [3.05, 3.63) is 12.7 Å². The van der Waals surface area contributed by atoms with Crippen molar-refractivity contribution in [3.8, 4) is 0 Å². The highest BCUT2D eigenvalue weighted by molar-refractivity contribution is 7.73. The first-order valence-electron chi connectivity index (χ1n) is 3.62. The van der Waals surface area contributed by atoms with Crippen LogP contribution < -0.4 is 5.32 Å². The van der Waals surface area contributed by atoms with Gasteiger partial charge in [-0.2, -0.15) is 0 Å². The van der Waals surface area contributed by atoms with E-state index in [1.165, 1.54) is 6.08 Å². The smallest absolute Gasteiger partial charge is 0.243 e. The van der Waals surface area contributed by atoms with Gasteiger partial charge in [0.05, 0.1) is 11.4 Å². The van der Waals surface area contributed by atoms with Crippen LogP contribution in [0, 0.1) is 0 Å². The number of hydrogen-bond donors (Lipinski definition) is 2. The lowest BCUT2D eigenvalue weighted by Gasteiger charge is -2.07. The topological polar surface area (TPSA) is 89.5 Å². The van der Waals surface area contributed by atoms with Crippen molar-refractivity contribution in [2.24, 2.45) is 0 Å². The van der Waals surface area contributed by atoms with Crippen LogP contribution in [0.25, 0.3) is 0 Å². The maximum atomic E-state index is 10.6. The number of carbonyl (C=O) groups excluding carboxylic acids is 1. The quantitative estimate of drug-likeness (QED) is 0.498. The van der Waals surface area contributed by atoms with Crippen LogP contribution in [-0.2, 0) is 16.2 Å². The Balaban J connectivity index is 0.000000310. The third-order valence-corrected chi connectivity index (χ3v) is 1.61. The highest BCUT2D eigenvalue weighted by atomic mass is 32.2. The van der Waals surface area contributed by atoms with Crippen molar-refractivity contribution in [3.63, 3.8) is 0 Å². The molecule has 1 unspecified atom stereocenters. The van der Waals surface area contributed by atoms with E-state index in [2.05, 4.69) is 11.9 Å². The van der Waals surface area contributed by atoms with Crippen LogP contribution in [0.2, 0.25) is 0 Å². The molecule has 0 radical (unpaired) electrons. The molecule has 76 valence electrons. The molecule has 0 heterocycles. The van der Waals surface area contributed by atoms with E-state index >= 15 is 0 Å². The Morgan fingerprint density at radius 2 is 2.15 bits per heavy atom. The van der Waals surface area contributed by atoms with Gasteiger partial charge in [0.15, 0.2) is 0 Å². The van der Waals surface area contributed by atoms with Gasteiger partial charge < -0.3 is 14.4 Å². The molecule has 0 aliphatic heterocycles. The van der Waals surface area contributed by atoms with E-state index in [1.807, 2.05) is 6.92 Å². The van der Waals surface area contributed by atoms with Gasteiger partial charge in [-0.25, -0.2) is 4.21 Å². The summed E-state index contributed by atoms with van der Waals surface area (Å²) < 4.78 is 24.1. The number of hydrogen-bond acceptors (Lipinski definition) is 3. The zero-order chi connectivity index (χ0) is 10.5. The van der Waals surface area contributed by atoms with Crippen LogP contribution in [0.15, 0.2) is 12.7 Å². The molecule has 1 aliphatic carbocycles. The van der Waals surface area contributed by atoms with Gasteiger partial charge in [0.2, 0.25) is 5.91 Å². The van der Waals surface area contributed by atoms with E-state index in [0.29, 0.717) is 0 Å². The Labute approximate surface area is 79.3 Å². The van der Waals surface area contributed by atoms with Gasteiger partial charge in [-0.15, -0.1) is 0 Å². The first-order valence-corrected chi connectivity index (χ1v) is 4.66. The Morgan fingerprint density at radius 1 is 1.77 bits per heavy atom. The molecule has 0 saturated heterocycles. The zero-order valence-corrected chi connectivity index (χ0v) is 8.10. The first-order chi connectivity index (χ1) is 5.89. The standard InChI is InChI=1S/C7H11NO.H2O3S/c1-3-6(9)8-7(2)4-5-7;1-4(2)3/h3H,1,4-5H2,2H3,(H,8,9);(H2,1,2,3)/p-1. The van der Waals surface area contributed by atoms with Crippen LogP contribution in [-0.4, -0.2) is 24.8 Å². The maximum Gasteiger partial charge on any atom is 0.243 e. The van der Waals surface area contributed by atoms with Gasteiger partial charge in [0.1, 0.15) is 0 Å². The van der Waals surface area contributed by atoms with Crippen molar-refractivity contribution in [2.75, 3.05) is 0 Å². The molecular weight excluding hydrogens is 194 g/mol. The molecule has 0 aromatic carbocycles. The van der Waals surface area contributed by atoms with Gasteiger partial charge in [-0.05, 0) is 25.8 Å². The summed E-state index contributed by atoms with van der Waals surface area (Å²) in [7, 11) is 0. The average Bonchev–Trinajstić information content (AvgIpc) is 2.66. The first kappa shape index (κ1) is 12.3. The Hall–Kier alpha value is -0.720. The summed E-state index contributed by atoms with van der Waals surface area (Å²) in [5, 5.41) is 2.82. The Bertz CT molecular complexity index is 221. The van der Waals surface area contributed by atoms with Crippen LogP contribution in [0.3, 0.4) is 0 Å². The highest BCUT2D eigenvalue weighted by Crippen LogP contribution is 2.33. The monoisotopic (exact) mass is 206 g/mol. The second-order valence-electron chi connectivity index (χ2n) is 2.97. The third kappa shape index (κ3) is 7.63. The van der Waals surface area contributed by atoms with E-state index < -0.39 is 11.4 Å². The second-order valence-corrected chi connectivity index (χ2v) is 3.41. The second kappa shape index (κ2) is 5.11. The molecular formula is C7H12NO4S-. The predicted octanol–water partition coefficient (Wildman–Crippen LogP) is 0.180. The fourth-order valence-electron chi connectivity index (χ4n) is 0.661. The van der Waals surface area contributed by atoms with Gasteiger partial charge in [-0.1, -0.05) is 6.58 Å². The fourth-order valence-corrected chi connectivity index (χ4v) is 0.661. The SMILES string of the molecule is C=CC(=O)NC1(C)CC1.O=S([O-])O. The lowest BCUT2D eigenvalue weighted by Crippen LogP contribution is -2.32. The van der Waals surface area contributed by atoms with E-state index in [-0.39, 0.29) is 11.4 Å². The van der Waals surface area contributed by atoms with Crippen LogP contribution in [0.5, 0.6) is 0 Å². The van der Waals surface area contributed by atoms with Crippen molar-refractivity contribution in [1.29, 1.82) is 0 Å². The summed E-state index contributed by atoms with van der Waals surface area (Å²) in [4.78, 5) is 10.6. The lowest BCUT2D eigenvalue weighted by molar-refractivity contribution is -0.117. The summed E-state index contributed by atoms with van der Waals surface area (Å²) in [5.41, 5.74) is 0.102. The molecule has 5 nitrogen and oxygen atoms in total. The number of carbonyl (C=O) groups is 1. The van der Waals surface area contributed by atoms with E-state index in [4.69, 9.17) is 13.3 Å². The predicted molar refractivity (Wildman–Crippen MR) is 47.5 cm³/mol. The Kier molecular flexibility index (Phi) is 4.82. The molecule has 2 N–H and O–H groups in total. The molecule has 13 heavy (non-hydrogen) atoms. The molecule has 1 atom stereocenters. The molecule has 1 rings (SSSR count). The number of amides is 1. The van der Waals surface area contributed by atoms with Crippen LogP contribution in [0.4, 0.5) is 0 Å². The molecule has 0 aromatic rings. The summed E-state index contributed by atoms with van der Waals surface area (Å²) >= 11 is -2.86. The zero-order valence-electron chi connectivity index (χ0n) is 7.28. The van der Waals surface area contributed by atoms with E-state index in [1.54, 1.807) is 0 Å². The van der Waals surface area contributed by atoms with Gasteiger partial charge in [0.25, 0.3) is 0 Å². The molecule has 1 aliphatic rings. The molecule has 0 spiro atoms. The third-order valence-electron chi connectivity index (χ3n) is 1.61. The Morgan fingerprint density at radius 3 is 2.38 bits per heavy atom. The molecule has 1 saturated carbocycles. The van der Waals surface area contributed by atoms with E-state index in [9.17, 15) is 4.79 Å². The minimum Gasteiger partial charge on any atom is -0.750 e. The van der Waals surface area contributed by atoms with Crippen LogP contribution in [0.1, 0.15) is 19.8 Å². The van der Waals surface area contributed by atoms with Crippen molar-refractivity contribution in [2.45, 2.75) is 25.3 Å². The average molecular weight is 206 g/mol. The van der Waals surface area contributed by atoms with Gasteiger partial charge in [-0.3, -0.25) is 4.79 Å². The summed E-state index contributed by atoms with van der Waals surface area (Å²) in [6.07, 6.45) is 3.52. The normalized spacial score (nSPS) is 19.0. The molecule has 0 bridgehead atoms. The minimum absolute atomic E-state index is 0.0602. The molecule has 1 fully saturated rings. The van der Waals surface area contributed by atoms with Crippen molar-refractivity contribution < 1.29 is 18.1 Å². The fraction of sp³-hybridized carbons (Fsp3) is 0.571. The number of nitrogens with one attached hydrogen (secondary N) is 1. The molecule has 0 aromatic heterocycles. The molecule has 1 amide bonds.